The van der Waals surface area contributed by atoms with E-state index >= 15 is 0 Å². The maximum atomic E-state index is 13.5. The number of benzene rings is 2. The number of hydrogen-bond donors (Lipinski definition) is 0. The van der Waals surface area contributed by atoms with Gasteiger partial charge in [-0.2, -0.15) is 4.68 Å². The Morgan fingerprint density at radius 3 is 2.60 bits per heavy atom. The third kappa shape index (κ3) is 4.85. The summed E-state index contributed by atoms with van der Waals surface area (Å²) in [5.74, 6) is -0.301. The molecule has 4 rings (SSSR count). The fraction of sp³-hybridized carbons (Fsp3) is 0.333. The molecule has 1 fully saturated rings. The molecule has 7 nitrogen and oxygen atoms in total. The Hall–Kier alpha value is -2.78. The zero-order chi connectivity index (χ0) is 20.9. The third-order valence-corrected chi connectivity index (χ3v) is 6.08. The second-order valence-electron chi connectivity index (χ2n) is 7.20. The Morgan fingerprint density at radius 2 is 1.87 bits per heavy atom. The maximum Gasteiger partial charge on any atom is 0.235 e. The average Bonchev–Trinajstić information content (AvgIpc) is 3.22. The lowest BCUT2D eigenvalue weighted by Gasteiger charge is -2.35. The van der Waals surface area contributed by atoms with Crippen LogP contribution in [0.5, 0.6) is 0 Å². The summed E-state index contributed by atoms with van der Waals surface area (Å²) >= 11 is 1.28. The van der Waals surface area contributed by atoms with Crippen molar-refractivity contribution in [3.05, 3.63) is 66.0 Å². The van der Waals surface area contributed by atoms with Gasteiger partial charge in [0.05, 0.1) is 10.9 Å². The van der Waals surface area contributed by atoms with Crippen molar-refractivity contribution in [1.29, 1.82) is 0 Å². The molecule has 30 heavy (non-hydrogen) atoms. The van der Waals surface area contributed by atoms with Gasteiger partial charge in [0.2, 0.25) is 11.1 Å². The third-order valence-electron chi connectivity index (χ3n) is 5.06. The summed E-state index contributed by atoms with van der Waals surface area (Å²) in [7, 11) is 0. The van der Waals surface area contributed by atoms with Crippen molar-refractivity contribution >= 4 is 17.7 Å². The number of amides is 1. The van der Waals surface area contributed by atoms with Crippen LogP contribution in [0.1, 0.15) is 12.5 Å². The van der Waals surface area contributed by atoms with Crippen molar-refractivity contribution in [3.8, 4) is 5.69 Å². The Balaban J connectivity index is 1.34. The van der Waals surface area contributed by atoms with Gasteiger partial charge in [-0.1, -0.05) is 48.2 Å². The van der Waals surface area contributed by atoms with Gasteiger partial charge in [-0.25, -0.2) is 4.39 Å². The number of piperazine rings is 1. The SMILES string of the molecule is C[C@H](Sc1nnnn1-c1cccc(F)c1)C(=O)N1CCN(Cc2ccccc2)CC1. The molecule has 0 spiro atoms. The second-order valence-corrected chi connectivity index (χ2v) is 8.51. The largest absolute Gasteiger partial charge is 0.339 e. The summed E-state index contributed by atoms with van der Waals surface area (Å²) < 4.78 is 15.0. The predicted octanol–water partition coefficient (Wildman–Crippen LogP) is 2.63. The van der Waals surface area contributed by atoms with Gasteiger partial charge < -0.3 is 4.90 Å². The number of hydrogen-bond acceptors (Lipinski definition) is 6. The smallest absolute Gasteiger partial charge is 0.235 e. The van der Waals surface area contributed by atoms with E-state index < -0.39 is 0 Å². The minimum absolute atomic E-state index is 0.0631. The van der Waals surface area contributed by atoms with Crippen LogP contribution in [0.25, 0.3) is 5.69 Å². The summed E-state index contributed by atoms with van der Waals surface area (Å²) in [6.07, 6.45) is 0. The number of rotatable bonds is 6. The quantitative estimate of drug-likeness (QED) is 0.565. The van der Waals surface area contributed by atoms with E-state index in [9.17, 15) is 9.18 Å². The molecule has 0 radical (unpaired) electrons. The zero-order valence-electron chi connectivity index (χ0n) is 16.7. The lowest BCUT2D eigenvalue weighted by atomic mass is 10.2. The molecule has 3 aromatic rings. The lowest BCUT2D eigenvalue weighted by molar-refractivity contribution is -0.132. The Bertz CT molecular complexity index is 990. The first-order chi connectivity index (χ1) is 14.6. The topological polar surface area (TPSA) is 67.2 Å². The first-order valence-corrected chi connectivity index (χ1v) is 10.7. The highest BCUT2D eigenvalue weighted by Crippen LogP contribution is 2.25. The summed E-state index contributed by atoms with van der Waals surface area (Å²) in [5.41, 5.74) is 1.81. The van der Waals surface area contributed by atoms with E-state index in [1.54, 1.807) is 12.1 Å². The lowest BCUT2D eigenvalue weighted by Crippen LogP contribution is -2.50. The van der Waals surface area contributed by atoms with Crippen LogP contribution in [0.4, 0.5) is 4.39 Å². The minimum atomic E-state index is -0.364. The predicted molar refractivity (Wildman–Crippen MR) is 113 cm³/mol. The molecule has 1 saturated heterocycles. The molecule has 0 unspecified atom stereocenters. The number of aromatic nitrogens is 4. The standard InChI is InChI=1S/C21H23FN6OS/c1-16(30-21-23-24-25-28(21)19-9-5-8-18(22)14-19)20(29)27-12-10-26(11-13-27)15-17-6-3-2-4-7-17/h2-9,14,16H,10-13,15H2,1H3/t16-/m0/s1. The van der Waals surface area contributed by atoms with Crippen LogP contribution < -0.4 is 0 Å². The Kier molecular flexibility index (Phi) is 6.39. The molecule has 1 aromatic heterocycles. The molecule has 1 aliphatic rings. The van der Waals surface area contributed by atoms with Gasteiger partial charge >= 0.3 is 0 Å². The second kappa shape index (κ2) is 9.36. The van der Waals surface area contributed by atoms with Crippen LogP contribution in [-0.2, 0) is 11.3 Å². The Morgan fingerprint density at radius 1 is 1.10 bits per heavy atom. The van der Waals surface area contributed by atoms with Crippen LogP contribution in [0.2, 0.25) is 0 Å². The van der Waals surface area contributed by atoms with Gasteiger partial charge in [0.1, 0.15) is 5.82 Å². The van der Waals surface area contributed by atoms with E-state index in [1.165, 1.54) is 34.1 Å². The van der Waals surface area contributed by atoms with Crippen molar-refractivity contribution in [2.24, 2.45) is 0 Å². The molecule has 0 aliphatic carbocycles. The van der Waals surface area contributed by atoms with Gasteiger partial charge in [0.25, 0.3) is 0 Å². The van der Waals surface area contributed by atoms with E-state index in [-0.39, 0.29) is 17.0 Å². The number of thioether (sulfide) groups is 1. The Labute approximate surface area is 178 Å². The molecular formula is C21H23FN6OS. The molecule has 0 bridgehead atoms. The number of halogens is 1. The molecule has 156 valence electrons. The van der Waals surface area contributed by atoms with Crippen LogP contribution in [0, 0.1) is 5.82 Å². The molecule has 2 heterocycles. The highest BCUT2D eigenvalue weighted by atomic mass is 32.2. The first kappa shape index (κ1) is 20.5. The fourth-order valence-electron chi connectivity index (χ4n) is 3.46. The van der Waals surface area contributed by atoms with Crippen LogP contribution in [0.3, 0.4) is 0 Å². The van der Waals surface area contributed by atoms with E-state index in [0.29, 0.717) is 23.9 Å². The normalized spacial score (nSPS) is 15.9. The molecule has 1 amide bonds. The first-order valence-electron chi connectivity index (χ1n) is 9.86. The van der Waals surface area contributed by atoms with Crippen molar-refractivity contribution < 1.29 is 9.18 Å². The van der Waals surface area contributed by atoms with Gasteiger partial charge in [0.15, 0.2) is 0 Å². The molecular weight excluding hydrogens is 403 g/mol. The fourth-order valence-corrected chi connectivity index (χ4v) is 4.35. The van der Waals surface area contributed by atoms with Crippen LogP contribution >= 0.6 is 11.8 Å². The molecule has 1 atom stereocenters. The van der Waals surface area contributed by atoms with E-state index in [0.717, 1.165) is 19.6 Å². The molecule has 0 saturated carbocycles. The number of carbonyl (C=O) groups is 1. The molecule has 1 aliphatic heterocycles. The summed E-state index contributed by atoms with van der Waals surface area (Å²) in [5, 5.41) is 11.8. The van der Waals surface area contributed by atoms with Gasteiger partial charge in [-0.15, -0.1) is 5.10 Å². The van der Waals surface area contributed by atoms with Gasteiger partial charge in [0, 0.05) is 32.7 Å². The van der Waals surface area contributed by atoms with E-state index in [2.05, 4.69) is 32.6 Å². The molecule has 9 heteroatoms. The summed E-state index contributed by atoms with van der Waals surface area (Å²) in [4.78, 5) is 17.2. The van der Waals surface area contributed by atoms with Crippen LogP contribution in [-0.4, -0.2) is 67.3 Å². The monoisotopic (exact) mass is 426 g/mol. The van der Waals surface area contributed by atoms with Crippen molar-refractivity contribution in [3.63, 3.8) is 0 Å². The van der Waals surface area contributed by atoms with Crippen molar-refractivity contribution in [2.45, 2.75) is 23.9 Å². The maximum absolute atomic E-state index is 13.5. The highest BCUT2D eigenvalue weighted by molar-refractivity contribution is 8.00. The van der Waals surface area contributed by atoms with Crippen molar-refractivity contribution in [1.82, 2.24) is 30.0 Å². The van der Waals surface area contributed by atoms with E-state index in [4.69, 9.17) is 0 Å². The van der Waals surface area contributed by atoms with Gasteiger partial charge in [-0.05, 0) is 41.1 Å². The van der Waals surface area contributed by atoms with E-state index in [1.807, 2.05) is 30.0 Å². The van der Waals surface area contributed by atoms with Crippen molar-refractivity contribution in [2.75, 3.05) is 26.2 Å². The van der Waals surface area contributed by atoms with Crippen LogP contribution in [0.15, 0.2) is 59.8 Å². The minimum Gasteiger partial charge on any atom is -0.339 e. The highest BCUT2D eigenvalue weighted by Gasteiger charge is 2.27. The number of nitrogens with zero attached hydrogens (tertiary/aromatic N) is 6. The number of carbonyl (C=O) groups excluding carboxylic acids is 1. The number of tetrazole rings is 1. The summed E-state index contributed by atoms with van der Waals surface area (Å²) in [6.45, 7) is 5.85. The molecule has 0 N–H and O–H groups in total. The molecule has 2 aromatic carbocycles. The zero-order valence-corrected chi connectivity index (χ0v) is 17.5. The summed E-state index contributed by atoms with van der Waals surface area (Å²) in [6, 6.07) is 16.4. The van der Waals surface area contributed by atoms with Gasteiger partial charge in [-0.3, -0.25) is 9.69 Å². The average molecular weight is 427 g/mol.